The van der Waals surface area contributed by atoms with E-state index in [-0.39, 0.29) is 11.9 Å². The Kier molecular flexibility index (Phi) is 6.41. The number of carbonyl (C=O) groups is 1. The Labute approximate surface area is 184 Å². The first-order chi connectivity index (χ1) is 14.9. The summed E-state index contributed by atoms with van der Waals surface area (Å²) in [5.74, 6) is 2.90. The Hall–Kier alpha value is -2.67. The second-order valence-corrected chi connectivity index (χ2v) is 8.83. The van der Waals surface area contributed by atoms with E-state index < -0.39 is 0 Å². The molecule has 1 fully saturated rings. The van der Waals surface area contributed by atoms with Crippen molar-refractivity contribution in [3.05, 3.63) is 46.5 Å². The molecule has 1 aromatic heterocycles. The van der Waals surface area contributed by atoms with Gasteiger partial charge in [0.2, 0.25) is 5.91 Å². The number of aryl methyl sites for hydroxylation is 2. The van der Waals surface area contributed by atoms with Crippen molar-refractivity contribution in [3.8, 4) is 11.5 Å². The van der Waals surface area contributed by atoms with E-state index in [0.29, 0.717) is 25.6 Å². The lowest BCUT2D eigenvalue weighted by atomic mass is 10.0. The molecule has 31 heavy (non-hydrogen) atoms. The van der Waals surface area contributed by atoms with E-state index in [2.05, 4.69) is 22.3 Å². The molecule has 2 aliphatic rings. The predicted octanol–water partition coefficient (Wildman–Crippen LogP) is 2.92. The molecule has 0 spiro atoms. The summed E-state index contributed by atoms with van der Waals surface area (Å²) in [6.45, 7) is 11.9. The zero-order chi connectivity index (χ0) is 22.0. The van der Waals surface area contributed by atoms with Crippen LogP contribution in [0.15, 0.2) is 18.2 Å². The Morgan fingerprint density at radius 1 is 1.16 bits per heavy atom. The van der Waals surface area contributed by atoms with Crippen LogP contribution in [0.2, 0.25) is 0 Å². The number of aromatic nitrogens is 2. The van der Waals surface area contributed by atoms with Gasteiger partial charge in [-0.05, 0) is 58.4 Å². The van der Waals surface area contributed by atoms with Crippen molar-refractivity contribution in [2.75, 3.05) is 26.3 Å². The van der Waals surface area contributed by atoms with Gasteiger partial charge in [-0.15, -0.1) is 0 Å². The molecule has 0 bridgehead atoms. The third-order valence-electron chi connectivity index (χ3n) is 5.88. The van der Waals surface area contributed by atoms with Crippen molar-refractivity contribution in [3.63, 3.8) is 0 Å². The number of nitrogens with zero attached hydrogens (tertiary/aromatic N) is 3. The molecular formula is C24H32N4O3. The van der Waals surface area contributed by atoms with Crippen molar-refractivity contribution in [1.82, 2.24) is 20.2 Å². The first kappa shape index (κ1) is 21.6. The fourth-order valence-electron chi connectivity index (χ4n) is 4.37. The molecule has 7 heteroatoms. The van der Waals surface area contributed by atoms with Crippen LogP contribution in [0, 0.1) is 13.8 Å². The fourth-order valence-corrected chi connectivity index (χ4v) is 4.37. The first-order valence-corrected chi connectivity index (χ1v) is 11.1. The summed E-state index contributed by atoms with van der Waals surface area (Å²) < 4.78 is 11.3. The van der Waals surface area contributed by atoms with Gasteiger partial charge >= 0.3 is 0 Å². The molecule has 3 heterocycles. The quantitative estimate of drug-likeness (QED) is 0.768. The van der Waals surface area contributed by atoms with Gasteiger partial charge in [-0.1, -0.05) is 6.07 Å². The van der Waals surface area contributed by atoms with E-state index in [1.807, 2.05) is 33.8 Å². The van der Waals surface area contributed by atoms with E-state index in [1.165, 1.54) is 5.56 Å². The smallest absolute Gasteiger partial charge is 0.224 e. The van der Waals surface area contributed by atoms with Crippen molar-refractivity contribution in [2.45, 2.75) is 59.0 Å². The Bertz CT molecular complexity index is 937. The van der Waals surface area contributed by atoms with Crippen LogP contribution >= 0.6 is 0 Å². The van der Waals surface area contributed by atoms with Gasteiger partial charge in [-0.2, -0.15) is 0 Å². The van der Waals surface area contributed by atoms with Crippen LogP contribution < -0.4 is 14.8 Å². The highest BCUT2D eigenvalue weighted by atomic mass is 16.6. The van der Waals surface area contributed by atoms with E-state index >= 15 is 0 Å². The number of fused-ring (bicyclic) bond motifs is 1. The summed E-state index contributed by atoms with van der Waals surface area (Å²) in [7, 11) is 0. The van der Waals surface area contributed by atoms with Gasteiger partial charge < -0.3 is 14.8 Å². The molecule has 0 saturated carbocycles. The Morgan fingerprint density at radius 2 is 1.87 bits per heavy atom. The highest BCUT2D eigenvalue weighted by Crippen LogP contribution is 2.32. The number of hydrogen-bond acceptors (Lipinski definition) is 6. The molecule has 2 aliphatic heterocycles. The van der Waals surface area contributed by atoms with Gasteiger partial charge in [0.05, 0.1) is 6.42 Å². The molecule has 4 rings (SSSR count). The number of benzene rings is 1. The summed E-state index contributed by atoms with van der Waals surface area (Å²) in [5.41, 5.74) is 3.98. The standard InChI is InChI=1S/C24H32N4O3/c1-15(2)25-23(29)12-20-16(3)26-24(27-17(20)4)19-7-8-28(14-19)13-18-5-6-21-22(11-18)31-10-9-30-21/h5-6,11,15,19H,7-10,12-14H2,1-4H3,(H,25,29). The summed E-state index contributed by atoms with van der Waals surface area (Å²) >= 11 is 0. The van der Waals surface area contributed by atoms with Gasteiger partial charge in [0.15, 0.2) is 11.5 Å². The highest BCUT2D eigenvalue weighted by Gasteiger charge is 2.27. The lowest BCUT2D eigenvalue weighted by Crippen LogP contribution is -2.32. The number of likely N-dealkylation sites (tertiary alicyclic amines) is 1. The molecule has 1 atom stereocenters. The van der Waals surface area contributed by atoms with E-state index in [4.69, 9.17) is 19.4 Å². The van der Waals surface area contributed by atoms with Gasteiger partial charge in [-0.25, -0.2) is 9.97 Å². The van der Waals surface area contributed by atoms with Crippen molar-refractivity contribution < 1.29 is 14.3 Å². The molecule has 2 aromatic rings. The van der Waals surface area contributed by atoms with E-state index in [1.54, 1.807) is 0 Å². The van der Waals surface area contributed by atoms with Crippen molar-refractivity contribution >= 4 is 5.91 Å². The molecule has 0 radical (unpaired) electrons. The molecule has 0 aliphatic carbocycles. The monoisotopic (exact) mass is 424 g/mol. The molecule has 166 valence electrons. The van der Waals surface area contributed by atoms with Gasteiger partial charge in [0.1, 0.15) is 19.0 Å². The Morgan fingerprint density at radius 3 is 2.58 bits per heavy atom. The lowest BCUT2D eigenvalue weighted by molar-refractivity contribution is -0.120. The van der Waals surface area contributed by atoms with Crippen LogP contribution in [0.1, 0.15) is 54.5 Å². The molecule has 1 aromatic carbocycles. The number of amides is 1. The molecule has 1 unspecified atom stereocenters. The van der Waals surface area contributed by atoms with Crippen LogP contribution in [0.5, 0.6) is 11.5 Å². The average Bonchev–Trinajstić information content (AvgIpc) is 3.18. The predicted molar refractivity (Wildman–Crippen MR) is 119 cm³/mol. The summed E-state index contributed by atoms with van der Waals surface area (Å²) in [6, 6.07) is 6.33. The molecule has 7 nitrogen and oxygen atoms in total. The summed E-state index contributed by atoms with van der Waals surface area (Å²) in [4.78, 5) is 24.2. The second kappa shape index (κ2) is 9.22. The molecule has 1 amide bonds. The Balaban J connectivity index is 1.40. The molecular weight excluding hydrogens is 392 g/mol. The van der Waals surface area contributed by atoms with E-state index in [9.17, 15) is 4.79 Å². The van der Waals surface area contributed by atoms with Crippen LogP contribution in [-0.2, 0) is 17.8 Å². The van der Waals surface area contributed by atoms with Crippen molar-refractivity contribution in [2.24, 2.45) is 0 Å². The number of hydrogen-bond donors (Lipinski definition) is 1. The average molecular weight is 425 g/mol. The zero-order valence-electron chi connectivity index (χ0n) is 18.9. The number of carbonyl (C=O) groups excluding carboxylic acids is 1. The normalized spacial score (nSPS) is 18.4. The maximum absolute atomic E-state index is 12.2. The first-order valence-electron chi connectivity index (χ1n) is 11.1. The second-order valence-electron chi connectivity index (χ2n) is 8.83. The maximum Gasteiger partial charge on any atom is 0.224 e. The van der Waals surface area contributed by atoms with Gasteiger partial charge in [-0.3, -0.25) is 9.69 Å². The van der Waals surface area contributed by atoms with Crippen LogP contribution in [0.4, 0.5) is 0 Å². The number of rotatable bonds is 6. The van der Waals surface area contributed by atoms with Gasteiger partial charge in [0, 0.05) is 42.0 Å². The highest BCUT2D eigenvalue weighted by molar-refractivity contribution is 5.79. The molecule has 1 N–H and O–H groups in total. The third-order valence-corrected chi connectivity index (χ3v) is 5.88. The summed E-state index contributed by atoms with van der Waals surface area (Å²) in [6.07, 6.45) is 1.37. The summed E-state index contributed by atoms with van der Waals surface area (Å²) in [5, 5.41) is 2.95. The third kappa shape index (κ3) is 5.15. The number of ether oxygens (including phenoxy) is 2. The van der Waals surface area contributed by atoms with E-state index in [0.717, 1.165) is 60.3 Å². The van der Waals surface area contributed by atoms with Crippen LogP contribution in [-0.4, -0.2) is 53.1 Å². The minimum atomic E-state index is 0.0176. The molecule has 1 saturated heterocycles. The van der Waals surface area contributed by atoms with Crippen LogP contribution in [0.25, 0.3) is 0 Å². The topological polar surface area (TPSA) is 76.6 Å². The van der Waals surface area contributed by atoms with Crippen molar-refractivity contribution in [1.29, 1.82) is 0 Å². The minimum absolute atomic E-state index is 0.0176. The largest absolute Gasteiger partial charge is 0.486 e. The van der Waals surface area contributed by atoms with Crippen LogP contribution in [0.3, 0.4) is 0 Å². The minimum Gasteiger partial charge on any atom is -0.486 e. The fraction of sp³-hybridized carbons (Fsp3) is 0.542. The van der Waals surface area contributed by atoms with Gasteiger partial charge in [0.25, 0.3) is 0 Å². The SMILES string of the molecule is Cc1nc(C2CCN(Cc3ccc4c(c3)OCCO4)C2)nc(C)c1CC(=O)NC(C)C. The zero-order valence-corrected chi connectivity index (χ0v) is 18.9. The lowest BCUT2D eigenvalue weighted by Gasteiger charge is -2.21. The maximum atomic E-state index is 12.2. The number of nitrogens with one attached hydrogen (secondary N) is 1.